The number of nitrogens with one attached hydrogen (secondary N) is 1. The molecule has 0 aromatic carbocycles. The van der Waals surface area contributed by atoms with E-state index in [1.54, 1.807) is 6.20 Å². The van der Waals surface area contributed by atoms with Crippen molar-refractivity contribution >= 4 is 31.5 Å². The van der Waals surface area contributed by atoms with Crippen LogP contribution in [0.4, 0.5) is 5.69 Å². The van der Waals surface area contributed by atoms with Gasteiger partial charge >= 0.3 is 0 Å². The number of hydrogen-bond donors (Lipinski definition) is 1. The number of nitrogens with zero attached hydrogens (tertiary/aromatic N) is 2. The number of rotatable bonds is 4. The number of hydrogen-bond acceptors (Lipinski definition) is 5. The second-order valence-corrected chi connectivity index (χ2v) is 8.42. The van der Waals surface area contributed by atoms with Gasteiger partial charge in [0, 0.05) is 6.54 Å². The van der Waals surface area contributed by atoms with Gasteiger partial charge in [0.2, 0.25) is 0 Å². The molecular weight excluding hydrogens is 346 g/mol. The molecule has 0 amide bonds. The summed E-state index contributed by atoms with van der Waals surface area (Å²) in [5, 5.41) is 6.72. The van der Waals surface area contributed by atoms with Crippen LogP contribution in [0.5, 0.6) is 0 Å². The molecule has 1 unspecified atom stereocenters. The maximum absolute atomic E-state index is 12.0. The summed E-state index contributed by atoms with van der Waals surface area (Å²) in [6, 6.07) is -0.0249. The van der Waals surface area contributed by atoms with Gasteiger partial charge in [0.1, 0.15) is 4.47 Å². The van der Waals surface area contributed by atoms with E-state index < -0.39 is 9.84 Å². The summed E-state index contributed by atoms with van der Waals surface area (Å²) in [7, 11) is -2.98. The highest BCUT2D eigenvalue weighted by Gasteiger charge is 2.31. The summed E-state index contributed by atoms with van der Waals surface area (Å²) in [6.45, 7) is 4.06. The molecule has 112 valence electrons. The Hall–Kier alpha value is -0.890. The molecule has 1 atom stereocenters. The Morgan fingerprint density at radius 2 is 2.25 bits per heavy atom. The molecule has 8 heteroatoms. The van der Waals surface area contributed by atoms with Crippen LogP contribution in [0.15, 0.2) is 15.5 Å². The average molecular weight is 364 g/mol. The number of anilines is 1. The molecule has 1 fully saturated rings. The number of halogens is 1. The maximum atomic E-state index is 12.0. The van der Waals surface area contributed by atoms with E-state index in [-0.39, 0.29) is 22.6 Å². The van der Waals surface area contributed by atoms with Crippen molar-refractivity contribution in [1.82, 2.24) is 9.78 Å². The molecule has 1 aromatic heterocycles. The largest absolute Gasteiger partial charge is 0.381 e. The Bertz CT molecular complexity index is 654. The van der Waals surface area contributed by atoms with Gasteiger partial charge in [-0.05, 0) is 42.6 Å². The minimum absolute atomic E-state index is 0.0249. The van der Waals surface area contributed by atoms with E-state index in [4.69, 9.17) is 0 Å². The van der Waals surface area contributed by atoms with Gasteiger partial charge in [-0.3, -0.25) is 4.79 Å². The normalized spacial score (nSPS) is 21.3. The molecule has 6 nitrogen and oxygen atoms in total. The Morgan fingerprint density at radius 1 is 1.55 bits per heavy atom. The van der Waals surface area contributed by atoms with Gasteiger partial charge in [0.15, 0.2) is 9.84 Å². The minimum atomic E-state index is -2.98. The predicted molar refractivity (Wildman–Crippen MR) is 81.9 cm³/mol. The first-order chi connectivity index (χ1) is 9.33. The molecule has 1 N–H and O–H groups in total. The van der Waals surface area contributed by atoms with Crippen LogP contribution >= 0.6 is 15.9 Å². The topological polar surface area (TPSA) is 81.1 Å². The Labute approximate surface area is 126 Å². The molecule has 1 saturated heterocycles. The van der Waals surface area contributed by atoms with Crippen molar-refractivity contribution in [3.8, 4) is 0 Å². The molecule has 2 heterocycles. The third-order valence-electron chi connectivity index (χ3n) is 3.42. The van der Waals surface area contributed by atoms with Crippen molar-refractivity contribution in [2.24, 2.45) is 0 Å². The van der Waals surface area contributed by atoms with E-state index in [0.717, 1.165) is 0 Å². The standard InChI is InChI=1S/C12H18BrN3O3S/c1-8(2)16-12(17)11(13)10(7-15-16)14-6-9-4-3-5-20(9,18)19/h7-9,14H,3-6H2,1-2H3. The highest BCUT2D eigenvalue weighted by molar-refractivity contribution is 9.10. The fraction of sp³-hybridized carbons (Fsp3) is 0.667. The summed E-state index contributed by atoms with van der Waals surface area (Å²) in [6.07, 6.45) is 2.93. The SMILES string of the molecule is CC(C)n1ncc(NCC2CCCS2(=O)=O)c(Br)c1=O. The molecule has 0 aliphatic carbocycles. The Kier molecular flexibility index (Phi) is 4.53. The third kappa shape index (κ3) is 3.06. The Balaban J connectivity index is 2.15. The van der Waals surface area contributed by atoms with Crippen LogP contribution in [0.25, 0.3) is 0 Å². The first-order valence-electron chi connectivity index (χ1n) is 6.55. The maximum Gasteiger partial charge on any atom is 0.283 e. The van der Waals surface area contributed by atoms with Crippen LogP contribution < -0.4 is 10.9 Å². The lowest BCUT2D eigenvalue weighted by Crippen LogP contribution is -2.28. The smallest absolute Gasteiger partial charge is 0.283 e. The lowest BCUT2D eigenvalue weighted by atomic mass is 10.2. The summed E-state index contributed by atoms with van der Waals surface area (Å²) in [5.41, 5.74) is 0.313. The van der Waals surface area contributed by atoms with Gasteiger partial charge in [-0.15, -0.1) is 0 Å². The summed E-state index contributed by atoms with van der Waals surface area (Å²) in [5.74, 6) is 0.258. The molecular formula is C12H18BrN3O3S. The van der Waals surface area contributed by atoms with Gasteiger partial charge in [-0.1, -0.05) is 0 Å². The van der Waals surface area contributed by atoms with Gasteiger partial charge in [0.25, 0.3) is 5.56 Å². The average Bonchev–Trinajstić information content (AvgIpc) is 2.70. The summed E-state index contributed by atoms with van der Waals surface area (Å²) in [4.78, 5) is 12.0. The van der Waals surface area contributed by atoms with Crippen LogP contribution in [0.3, 0.4) is 0 Å². The fourth-order valence-corrected chi connectivity index (χ4v) is 4.44. The molecule has 0 radical (unpaired) electrons. The van der Waals surface area contributed by atoms with E-state index in [1.165, 1.54) is 4.68 Å². The van der Waals surface area contributed by atoms with E-state index >= 15 is 0 Å². The molecule has 20 heavy (non-hydrogen) atoms. The van der Waals surface area contributed by atoms with Crippen LogP contribution in [0.2, 0.25) is 0 Å². The van der Waals surface area contributed by atoms with E-state index in [2.05, 4.69) is 26.3 Å². The van der Waals surface area contributed by atoms with Gasteiger partial charge < -0.3 is 5.32 Å². The molecule has 1 aliphatic heterocycles. The highest BCUT2D eigenvalue weighted by Crippen LogP contribution is 2.22. The highest BCUT2D eigenvalue weighted by atomic mass is 79.9. The molecule has 0 spiro atoms. The Morgan fingerprint density at radius 3 is 2.80 bits per heavy atom. The van der Waals surface area contributed by atoms with Crippen LogP contribution in [-0.2, 0) is 9.84 Å². The van der Waals surface area contributed by atoms with Crippen molar-refractivity contribution in [3.63, 3.8) is 0 Å². The quantitative estimate of drug-likeness (QED) is 0.877. The van der Waals surface area contributed by atoms with E-state index in [9.17, 15) is 13.2 Å². The van der Waals surface area contributed by atoms with Crippen molar-refractivity contribution in [2.75, 3.05) is 17.6 Å². The van der Waals surface area contributed by atoms with Crippen molar-refractivity contribution < 1.29 is 8.42 Å². The van der Waals surface area contributed by atoms with Crippen molar-refractivity contribution in [2.45, 2.75) is 38.0 Å². The second kappa shape index (κ2) is 5.85. The predicted octanol–water partition coefficient (Wildman–Crippen LogP) is 1.58. The number of aromatic nitrogens is 2. The summed E-state index contributed by atoms with van der Waals surface area (Å²) < 4.78 is 25.3. The third-order valence-corrected chi connectivity index (χ3v) is 6.46. The zero-order chi connectivity index (χ0) is 14.9. The van der Waals surface area contributed by atoms with Crippen LogP contribution in [-0.4, -0.2) is 35.7 Å². The molecule has 0 saturated carbocycles. The second-order valence-electron chi connectivity index (χ2n) is 5.23. The van der Waals surface area contributed by atoms with Crippen LogP contribution in [0, 0.1) is 0 Å². The molecule has 0 bridgehead atoms. The van der Waals surface area contributed by atoms with Crippen molar-refractivity contribution in [1.29, 1.82) is 0 Å². The van der Waals surface area contributed by atoms with E-state index in [1.807, 2.05) is 13.8 Å². The van der Waals surface area contributed by atoms with Gasteiger partial charge in [-0.2, -0.15) is 5.10 Å². The monoisotopic (exact) mass is 363 g/mol. The number of sulfone groups is 1. The molecule has 2 rings (SSSR count). The first kappa shape index (κ1) is 15.5. The minimum Gasteiger partial charge on any atom is -0.381 e. The molecule has 1 aromatic rings. The van der Waals surface area contributed by atoms with Gasteiger partial charge in [-0.25, -0.2) is 13.1 Å². The first-order valence-corrected chi connectivity index (χ1v) is 9.06. The van der Waals surface area contributed by atoms with Gasteiger partial charge in [0.05, 0.1) is 28.9 Å². The molecule has 1 aliphatic rings. The lowest BCUT2D eigenvalue weighted by molar-refractivity contribution is 0.501. The lowest BCUT2D eigenvalue weighted by Gasteiger charge is -2.14. The zero-order valence-electron chi connectivity index (χ0n) is 11.5. The zero-order valence-corrected chi connectivity index (χ0v) is 13.9. The van der Waals surface area contributed by atoms with E-state index in [0.29, 0.717) is 29.5 Å². The fourth-order valence-electron chi connectivity index (χ4n) is 2.25. The van der Waals surface area contributed by atoms with Crippen LogP contribution in [0.1, 0.15) is 32.7 Å². The van der Waals surface area contributed by atoms with Crippen molar-refractivity contribution in [3.05, 3.63) is 21.0 Å². The summed E-state index contributed by atoms with van der Waals surface area (Å²) >= 11 is 3.25.